The van der Waals surface area contributed by atoms with Gasteiger partial charge in [-0.05, 0) is 0 Å². The van der Waals surface area contributed by atoms with E-state index in [0.717, 1.165) is 0 Å². The maximum atomic E-state index is 11.3. The van der Waals surface area contributed by atoms with Crippen molar-refractivity contribution in [2.24, 2.45) is 0 Å². The Kier molecular flexibility index (Phi) is 2.66. The molecule has 1 aromatic carbocycles. The van der Waals surface area contributed by atoms with Gasteiger partial charge in [-0.15, -0.1) is 0 Å². The molecule has 0 aliphatic heterocycles. The van der Waals surface area contributed by atoms with Crippen LogP contribution in [0, 0.1) is 0 Å². The van der Waals surface area contributed by atoms with Gasteiger partial charge in [0.15, 0.2) is 11.4 Å². The van der Waals surface area contributed by atoms with Crippen molar-refractivity contribution in [2.45, 2.75) is 0 Å². The molecule has 0 aliphatic carbocycles. The lowest BCUT2D eigenvalue weighted by atomic mass is 10.1. The fraction of sp³-hybridized carbons (Fsp3) is 0.0909. The highest BCUT2D eigenvalue weighted by Crippen LogP contribution is 2.31. The van der Waals surface area contributed by atoms with E-state index in [-0.39, 0.29) is 16.6 Å². The van der Waals surface area contributed by atoms with Crippen molar-refractivity contribution in [2.75, 3.05) is 7.11 Å². The number of carbonyl (C=O) groups is 1. The number of fused-ring (bicyclic) bond motifs is 1. The van der Waals surface area contributed by atoms with Crippen LogP contribution in [0.1, 0.15) is 10.5 Å². The zero-order valence-corrected chi connectivity index (χ0v) is 9.15. The Morgan fingerprint density at radius 3 is 2.62 bits per heavy atom. The molecule has 16 heavy (non-hydrogen) atoms. The number of ether oxygens (including phenoxy) is 1. The molecule has 0 aliphatic rings. The largest absolute Gasteiger partial charge is 0.505 e. The highest BCUT2D eigenvalue weighted by atomic mass is 35.5. The third-order valence-electron chi connectivity index (χ3n) is 2.22. The van der Waals surface area contributed by atoms with Crippen LogP contribution in [-0.4, -0.2) is 23.2 Å². The first kappa shape index (κ1) is 10.7. The molecule has 0 fully saturated rings. The Labute approximate surface area is 96.4 Å². The smallest absolute Gasteiger partial charge is 0.360 e. The van der Waals surface area contributed by atoms with Gasteiger partial charge >= 0.3 is 5.97 Å². The number of benzene rings is 1. The molecule has 0 saturated heterocycles. The summed E-state index contributed by atoms with van der Waals surface area (Å²) in [7, 11) is 1.21. The average molecular weight is 238 g/mol. The first-order valence-electron chi connectivity index (χ1n) is 4.50. The van der Waals surface area contributed by atoms with Crippen LogP contribution >= 0.6 is 11.6 Å². The molecule has 2 rings (SSSR count). The number of aromatic hydroxyl groups is 1. The van der Waals surface area contributed by atoms with E-state index in [9.17, 15) is 9.90 Å². The van der Waals surface area contributed by atoms with Crippen LogP contribution in [0.25, 0.3) is 10.8 Å². The topological polar surface area (TPSA) is 59.4 Å². The number of pyridine rings is 1. The van der Waals surface area contributed by atoms with Crippen LogP contribution in [0.2, 0.25) is 5.15 Å². The molecular weight excluding hydrogens is 230 g/mol. The summed E-state index contributed by atoms with van der Waals surface area (Å²) in [5.74, 6) is -0.933. The summed E-state index contributed by atoms with van der Waals surface area (Å²) in [4.78, 5) is 15.1. The summed E-state index contributed by atoms with van der Waals surface area (Å²) in [6, 6.07) is 6.88. The number of hydrogen-bond donors (Lipinski definition) is 1. The third kappa shape index (κ3) is 1.57. The van der Waals surface area contributed by atoms with E-state index in [1.807, 2.05) is 0 Å². The number of halogens is 1. The van der Waals surface area contributed by atoms with Crippen LogP contribution in [0.3, 0.4) is 0 Å². The number of carbonyl (C=O) groups excluding carboxylic acids is 1. The zero-order chi connectivity index (χ0) is 11.7. The van der Waals surface area contributed by atoms with Gasteiger partial charge in [-0.2, -0.15) is 0 Å². The Hall–Kier alpha value is -1.81. The SMILES string of the molecule is COC(=O)c1nc(Cl)c2ccccc2c1O. The van der Waals surface area contributed by atoms with Crippen molar-refractivity contribution in [3.8, 4) is 5.75 Å². The molecule has 1 N–H and O–H groups in total. The Balaban J connectivity index is 2.80. The van der Waals surface area contributed by atoms with Gasteiger partial charge in [-0.3, -0.25) is 0 Å². The second-order valence-electron chi connectivity index (χ2n) is 3.14. The minimum Gasteiger partial charge on any atom is -0.505 e. The lowest BCUT2D eigenvalue weighted by Gasteiger charge is -2.06. The average Bonchev–Trinajstić information content (AvgIpc) is 2.33. The normalized spacial score (nSPS) is 10.4. The molecule has 1 heterocycles. The van der Waals surface area contributed by atoms with Gasteiger partial charge in [0.05, 0.1) is 7.11 Å². The van der Waals surface area contributed by atoms with E-state index in [1.165, 1.54) is 7.11 Å². The summed E-state index contributed by atoms with van der Waals surface area (Å²) in [5.41, 5.74) is -0.175. The van der Waals surface area contributed by atoms with Crippen molar-refractivity contribution in [3.63, 3.8) is 0 Å². The fourth-order valence-corrected chi connectivity index (χ4v) is 1.70. The standard InChI is InChI=1S/C11H8ClNO3/c1-16-11(15)8-9(14)6-4-2-3-5-7(6)10(12)13-8/h2-5,14H,1H3. The van der Waals surface area contributed by atoms with Crippen molar-refractivity contribution >= 4 is 28.3 Å². The first-order chi connectivity index (χ1) is 7.65. The van der Waals surface area contributed by atoms with Gasteiger partial charge in [0.25, 0.3) is 0 Å². The lowest BCUT2D eigenvalue weighted by molar-refractivity contribution is 0.0591. The highest BCUT2D eigenvalue weighted by Gasteiger charge is 2.18. The van der Waals surface area contributed by atoms with Crippen LogP contribution in [0.15, 0.2) is 24.3 Å². The van der Waals surface area contributed by atoms with E-state index >= 15 is 0 Å². The van der Waals surface area contributed by atoms with Crippen LogP contribution in [0.4, 0.5) is 0 Å². The monoisotopic (exact) mass is 237 g/mol. The van der Waals surface area contributed by atoms with Crippen LogP contribution < -0.4 is 0 Å². The zero-order valence-electron chi connectivity index (χ0n) is 8.40. The van der Waals surface area contributed by atoms with Crippen molar-refractivity contribution in [1.82, 2.24) is 4.98 Å². The van der Waals surface area contributed by atoms with Crippen molar-refractivity contribution < 1.29 is 14.6 Å². The van der Waals surface area contributed by atoms with E-state index in [2.05, 4.69) is 9.72 Å². The Morgan fingerprint density at radius 1 is 1.38 bits per heavy atom. The summed E-state index contributed by atoms with van der Waals surface area (Å²) in [6.45, 7) is 0. The number of aromatic nitrogens is 1. The Bertz CT molecular complexity index is 568. The summed E-state index contributed by atoms with van der Waals surface area (Å²) < 4.78 is 4.50. The summed E-state index contributed by atoms with van der Waals surface area (Å²) in [6.07, 6.45) is 0. The Morgan fingerprint density at radius 2 is 2.00 bits per heavy atom. The molecule has 0 bridgehead atoms. The maximum absolute atomic E-state index is 11.3. The molecule has 0 saturated carbocycles. The van der Waals surface area contributed by atoms with Crippen LogP contribution in [0.5, 0.6) is 5.75 Å². The molecule has 1 aromatic heterocycles. The quantitative estimate of drug-likeness (QED) is 0.611. The molecule has 0 radical (unpaired) electrons. The predicted molar refractivity (Wildman–Crippen MR) is 59.8 cm³/mol. The molecule has 82 valence electrons. The van der Waals surface area contributed by atoms with Gasteiger partial charge in [0.1, 0.15) is 5.15 Å². The van der Waals surface area contributed by atoms with Gasteiger partial charge in [-0.1, -0.05) is 35.9 Å². The lowest BCUT2D eigenvalue weighted by Crippen LogP contribution is -2.05. The van der Waals surface area contributed by atoms with E-state index in [0.29, 0.717) is 10.8 Å². The van der Waals surface area contributed by atoms with Crippen LogP contribution in [-0.2, 0) is 4.74 Å². The van der Waals surface area contributed by atoms with Crippen molar-refractivity contribution in [3.05, 3.63) is 35.1 Å². The highest BCUT2D eigenvalue weighted by molar-refractivity contribution is 6.34. The molecule has 0 spiro atoms. The van der Waals surface area contributed by atoms with E-state index in [1.54, 1.807) is 24.3 Å². The molecule has 5 heteroatoms. The minimum atomic E-state index is -0.717. The van der Waals surface area contributed by atoms with Gasteiger partial charge < -0.3 is 9.84 Å². The second-order valence-corrected chi connectivity index (χ2v) is 3.50. The molecular formula is C11H8ClNO3. The third-order valence-corrected chi connectivity index (χ3v) is 2.51. The molecule has 2 aromatic rings. The summed E-state index contributed by atoms with van der Waals surface area (Å²) >= 11 is 5.91. The fourth-order valence-electron chi connectivity index (χ4n) is 1.45. The first-order valence-corrected chi connectivity index (χ1v) is 4.88. The summed E-state index contributed by atoms with van der Waals surface area (Å²) in [5, 5.41) is 11.1. The van der Waals surface area contributed by atoms with Gasteiger partial charge in [0, 0.05) is 10.8 Å². The predicted octanol–water partition coefficient (Wildman–Crippen LogP) is 2.38. The molecule has 4 nitrogen and oxygen atoms in total. The van der Waals surface area contributed by atoms with Gasteiger partial charge in [-0.25, -0.2) is 9.78 Å². The van der Waals surface area contributed by atoms with Gasteiger partial charge in [0.2, 0.25) is 0 Å². The second kappa shape index (κ2) is 3.98. The minimum absolute atomic E-state index is 0.161. The number of methoxy groups -OCH3 is 1. The number of hydrogen-bond acceptors (Lipinski definition) is 4. The van der Waals surface area contributed by atoms with E-state index in [4.69, 9.17) is 11.6 Å². The van der Waals surface area contributed by atoms with E-state index < -0.39 is 5.97 Å². The maximum Gasteiger partial charge on any atom is 0.360 e. The number of nitrogens with zero attached hydrogens (tertiary/aromatic N) is 1. The molecule has 0 amide bonds. The number of rotatable bonds is 1. The molecule has 0 unspecified atom stereocenters. The number of esters is 1. The molecule has 0 atom stereocenters. The van der Waals surface area contributed by atoms with Crippen molar-refractivity contribution in [1.29, 1.82) is 0 Å².